The molecule has 0 saturated heterocycles. The van der Waals surface area contributed by atoms with E-state index in [0.29, 0.717) is 41.1 Å². The molecule has 9 nitrogen and oxygen atoms in total. The quantitative estimate of drug-likeness (QED) is 0.394. The summed E-state index contributed by atoms with van der Waals surface area (Å²) in [5.41, 5.74) is 7.12. The van der Waals surface area contributed by atoms with Crippen LogP contribution in [0.2, 0.25) is 5.02 Å². The van der Waals surface area contributed by atoms with Gasteiger partial charge in [0.05, 0.1) is 6.54 Å². The van der Waals surface area contributed by atoms with Crippen molar-refractivity contribution in [1.29, 1.82) is 0 Å². The van der Waals surface area contributed by atoms with E-state index < -0.39 is 5.91 Å². The maximum absolute atomic E-state index is 12.9. The number of primary amides is 1. The summed E-state index contributed by atoms with van der Waals surface area (Å²) in [6, 6.07) is 19.0. The number of hydrogen-bond donors (Lipinski definition) is 2. The normalized spacial score (nSPS) is 10.6. The fourth-order valence-corrected chi connectivity index (χ4v) is 3.28. The fraction of sp³-hybridized carbons (Fsp3) is 0.125. The molecule has 172 valence electrons. The molecule has 2 aromatic carbocycles. The first-order valence-electron chi connectivity index (χ1n) is 10.5. The minimum Gasteiger partial charge on any atom is -0.439 e. The van der Waals surface area contributed by atoms with Gasteiger partial charge in [-0.05, 0) is 54.4 Å². The molecule has 0 aliphatic rings. The van der Waals surface area contributed by atoms with Gasteiger partial charge in [0, 0.05) is 16.8 Å². The molecule has 2 heterocycles. The third-order valence-electron chi connectivity index (χ3n) is 4.91. The molecule has 0 saturated carbocycles. The number of nitrogens with one attached hydrogen (secondary N) is 1. The first kappa shape index (κ1) is 22.9. The molecule has 0 unspecified atom stereocenters. The van der Waals surface area contributed by atoms with Crippen molar-refractivity contribution < 1.29 is 9.53 Å². The van der Waals surface area contributed by atoms with Crippen molar-refractivity contribution >= 4 is 29.1 Å². The van der Waals surface area contributed by atoms with E-state index in [-0.39, 0.29) is 17.1 Å². The van der Waals surface area contributed by atoms with Crippen LogP contribution >= 0.6 is 11.6 Å². The van der Waals surface area contributed by atoms with Crippen molar-refractivity contribution in [2.24, 2.45) is 5.73 Å². The van der Waals surface area contributed by atoms with Gasteiger partial charge in [-0.25, -0.2) is 4.98 Å². The van der Waals surface area contributed by atoms with Crippen LogP contribution in [0.15, 0.2) is 71.5 Å². The van der Waals surface area contributed by atoms with Crippen LogP contribution in [0.3, 0.4) is 0 Å². The number of nitrogens with two attached hydrogens (primary N) is 1. The van der Waals surface area contributed by atoms with Gasteiger partial charge >= 0.3 is 0 Å². The lowest BCUT2D eigenvalue weighted by Gasteiger charge is -2.14. The molecule has 0 bridgehead atoms. The van der Waals surface area contributed by atoms with E-state index in [0.717, 1.165) is 5.56 Å². The number of carbonyl (C=O) groups excluding carboxylic acids is 1. The van der Waals surface area contributed by atoms with Crippen LogP contribution in [0.4, 0.5) is 11.6 Å². The van der Waals surface area contributed by atoms with Crippen molar-refractivity contribution in [2.75, 3.05) is 5.32 Å². The summed E-state index contributed by atoms with van der Waals surface area (Å²) in [4.78, 5) is 28.3. The van der Waals surface area contributed by atoms with E-state index in [1.165, 1.54) is 6.07 Å². The van der Waals surface area contributed by atoms with Crippen LogP contribution in [0.5, 0.6) is 11.6 Å². The second-order valence-electron chi connectivity index (χ2n) is 7.32. The number of hydrogen-bond acceptors (Lipinski definition) is 7. The van der Waals surface area contributed by atoms with E-state index in [9.17, 15) is 9.59 Å². The standard InChI is InChI=1S/C24H21ClN6O3/c1-2-19-23(33)31(14-15-6-8-16(25)9-7-15)24(30-29-19)27-17-10-12-18(13-11-17)34-21-5-3-4-20(28-21)22(26)32/h3-13H,2,14H2,1H3,(H2,26,32)(H,27,30). The van der Waals surface area contributed by atoms with Gasteiger partial charge < -0.3 is 15.8 Å². The summed E-state index contributed by atoms with van der Waals surface area (Å²) in [7, 11) is 0. The first-order chi connectivity index (χ1) is 16.4. The largest absolute Gasteiger partial charge is 0.439 e. The third kappa shape index (κ3) is 5.38. The lowest BCUT2D eigenvalue weighted by Crippen LogP contribution is -2.29. The number of pyridine rings is 1. The highest BCUT2D eigenvalue weighted by Crippen LogP contribution is 2.23. The van der Waals surface area contributed by atoms with Gasteiger partial charge in [-0.15, -0.1) is 10.2 Å². The number of anilines is 2. The Morgan fingerprint density at radius 3 is 2.47 bits per heavy atom. The van der Waals surface area contributed by atoms with Crippen LogP contribution in [0.1, 0.15) is 28.7 Å². The van der Waals surface area contributed by atoms with E-state index in [4.69, 9.17) is 22.1 Å². The smallest absolute Gasteiger partial charge is 0.277 e. The van der Waals surface area contributed by atoms with Gasteiger partial charge in [0.1, 0.15) is 17.1 Å². The van der Waals surface area contributed by atoms with Crippen LogP contribution in [0, 0.1) is 0 Å². The molecule has 3 N–H and O–H groups in total. The van der Waals surface area contributed by atoms with Gasteiger partial charge in [0.2, 0.25) is 11.8 Å². The number of carbonyl (C=O) groups is 1. The molecule has 0 aliphatic heterocycles. The highest BCUT2D eigenvalue weighted by molar-refractivity contribution is 6.30. The number of halogens is 1. The molecule has 0 radical (unpaired) electrons. The molecule has 0 atom stereocenters. The number of benzene rings is 2. The monoisotopic (exact) mass is 476 g/mol. The van der Waals surface area contributed by atoms with Gasteiger partial charge in [-0.2, -0.15) is 0 Å². The first-order valence-corrected chi connectivity index (χ1v) is 10.8. The molecule has 4 aromatic rings. The number of aromatic nitrogens is 4. The average Bonchev–Trinajstić information content (AvgIpc) is 2.84. The number of nitrogens with zero attached hydrogens (tertiary/aromatic N) is 4. The molecular weight excluding hydrogens is 456 g/mol. The topological polar surface area (TPSA) is 125 Å². The van der Waals surface area contributed by atoms with Gasteiger partial charge in [0.15, 0.2) is 0 Å². The van der Waals surface area contributed by atoms with Crippen molar-refractivity contribution in [1.82, 2.24) is 19.7 Å². The zero-order valence-electron chi connectivity index (χ0n) is 18.2. The Balaban J connectivity index is 1.55. The highest BCUT2D eigenvalue weighted by Gasteiger charge is 2.13. The minimum atomic E-state index is -0.634. The molecule has 10 heteroatoms. The minimum absolute atomic E-state index is 0.114. The SMILES string of the molecule is CCc1nnc(Nc2ccc(Oc3cccc(C(N)=O)n3)cc2)n(Cc2ccc(Cl)cc2)c1=O. The van der Waals surface area contributed by atoms with Crippen molar-refractivity contribution in [2.45, 2.75) is 19.9 Å². The number of rotatable bonds is 8. The van der Waals surface area contributed by atoms with E-state index in [2.05, 4.69) is 20.5 Å². The Kier molecular flexibility index (Phi) is 6.84. The zero-order valence-corrected chi connectivity index (χ0v) is 19.0. The highest BCUT2D eigenvalue weighted by atomic mass is 35.5. The third-order valence-corrected chi connectivity index (χ3v) is 5.16. The number of amides is 1. The van der Waals surface area contributed by atoms with E-state index in [1.54, 1.807) is 53.1 Å². The molecule has 0 fully saturated rings. The van der Waals surface area contributed by atoms with Crippen LogP contribution in [-0.2, 0) is 13.0 Å². The second-order valence-corrected chi connectivity index (χ2v) is 7.75. The van der Waals surface area contributed by atoms with Gasteiger partial charge in [0.25, 0.3) is 11.5 Å². The van der Waals surface area contributed by atoms with Crippen molar-refractivity contribution in [3.63, 3.8) is 0 Å². The summed E-state index contributed by atoms with van der Waals surface area (Å²) in [6.07, 6.45) is 0.476. The Hall–Kier alpha value is -4.24. The molecule has 0 aliphatic carbocycles. The fourth-order valence-electron chi connectivity index (χ4n) is 3.15. The Morgan fingerprint density at radius 1 is 1.06 bits per heavy atom. The summed E-state index contributed by atoms with van der Waals surface area (Å²) < 4.78 is 7.24. The van der Waals surface area contributed by atoms with Crippen LogP contribution in [-0.4, -0.2) is 25.7 Å². The Bertz CT molecular complexity index is 1370. The predicted molar refractivity (Wildman–Crippen MR) is 129 cm³/mol. The van der Waals surface area contributed by atoms with Crippen molar-refractivity contribution in [3.05, 3.63) is 99.1 Å². The maximum Gasteiger partial charge on any atom is 0.277 e. The molecule has 1 amide bonds. The van der Waals surface area contributed by atoms with Crippen LogP contribution < -0.4 is 21.3 Å². The van der Waals surface area contributed by atoms with Gasteiger partial charge in [-0.1, -0.05) is 36.7 Å². The molecule has 34 heavy (non-hydrogen) atoms. The summed E-state index contributed by atoms with van der Waals surface area (Å²) in [6.45, 7) is 2.17. The summed E-state index contributed by atoms with van der Waals surface area (Å²) >= 11 is 5.98. The summed E-state index contributed by atoms with van der Waals surface area (Å²) in [5, 5.41) is 12.1. The molecule has 0 spiro atoms. The number of aryl methyl sites for hydroxylation is 1. The Labute approximate surface area is 200 Å². The lowest BCUT2D eigenvalue weighted by atomic mass is 10.2. The zero-order chi connectivity index (χ0) is 24.1. The average molecular weight is 477 g/mol. The van der Waals surface area contributed by atoms with Crippen LogP contribution in [0.25, 0.3) is 0 Å². The van der Waals surface area contributed by atoms with E-state index in [1.807, 2.05) is 19.1 Å². The Morgan fingerprint density at radius 2 is 1.79 bits per heavy atom. The predicted octanol–water partition coefficient (Wildman–Crippen LogP) is 3.93. The maximum atomic E-state index is 12.9. The lowest BCUT2D eigenvalue weighted by molar-refractivity contribution is 0.0995. The molecule has 4 rings (SSSR count). The second kappa shape index (κ2) is 10.1. The van der Waals surface area contributed by atoms with E-state index >= 15 is 0 Å². The van der Waals surface area contributed by atoms with Crippen molar-refractivity contribution in [3.8, 4) is 11.6 Å². The van der Waals surface area contributed by atoms with Gasteiger partial charge in [-0.3, -0.25) is 14.2 Å². The molecule has 2 aromatic heterocycles. The summed E-state index contributed by atoms with van der Waals surface area (Å²) in [5.74, 6) is 0.423. The molecular formula is C24H21ClN6O3. The number of ether oxygens (including phenoxy) is 1.